The Morgan fingerprint density at radius 2 is 2.00 bits per heavy atom. The Balaban J connectivity index is 3.24. The largest absolute Gasteiger partial charge is 0.573 e. The van der Waals surface area contributed by atoms with Crippen molar-refractivity contribution in [3.05, 3.63) is 32.3 Å². The summed E-state index contributed by atoms with van der Waals surface area (Å²) in [6.07, 6.45) is -4.87. The summed E-state index contributed by atoms with van der Waals surface area (Å²) in [6, 6.07) is 2.14. The molecule has 0 fully saturated rings. The van der Waals surface area contributed by atoms with E-state index in [-0.39, 0.29) is 10.0 Å². The van der Waals surface area contributed by atoms with E-state index in [0.717, 1.165) is 12.1 Å². The van der Waals surface area contributed by atoms with Crippen molar-refractivity contribution in [3.8, 4) is 5.75 Å². The molecule has 0 aliphatic carbocycles. The SMILES string of the molecule is Cc1c(OC(F)(F)F)ccc(Br)c1[N+](=O)[O-]. The third-order valence-corrected chi connectivity index (χ3v) is 2.38. The molecule has 0 saturated carbocycles. The lowest BCUT2D eigenvalue weighted by atomic mass is 10.2. The number of nitrogens with zero attached hydrogens (tertiary/aromatic N) is 1. The van der Waals surface area contributed by atoms with E-state index >= 15 is 0 Å². The highest BCUT2D eigenvalue weighted by atomic mass is 79.9. The Kier molecular flexibility index (Phi) is 3.41. The van der Waals surface area contributed by atoms with Crippen LogP contribution in [0.3, 0.4) is 0 Å². The standard InChI is InChI=1S/C8H5BrF3NO3/c1-4-6(16-8(10,11)12)3-2-5(9)7(4)13(14)15/h2-3H,1H3. The number of alkyl halides is 3. The molecule has 8 heteroatoms. The molecule has 0 amide bonds. The minimum absolute atomic E-state index is 0.101. The van der Waals surface area contributed by atoms with E-state index < -0.39 is 22.7 Å². The van der Waals surface area contributed by atoms with Crippen LogP contribution in [0.15, 0.2) is 16.6 Å². The highest BCUT2D eigenvalue weighted by Crippen LogP contribution is 2.36. The van der Waals surface area contributed by atoms with E-state index in [0.29, 0.717) is 0 Å². The number of rotatable bonds is 2. The lowest BCUT2D eigenvalue weighted by molar-refractivity contribution is -0.386. The van der Waals surface area contributed by atoms with E-state index in [1.807, 2.05) is 0 Å². The fourth-order valence-corrected chi connectivity index (χ4v) is 1.68. The minimum Gasteiger partial charge on any atom is -0.405 e. The van der Waals surface area contributed by atoms with Gasteiger partial charge in [-0.15, -0.1) is 13.2 Å². The second-order valence-electron chi connectivity index (χ2n) is 2.82. The molecule has 0 aromatic heterocycles. The molecule has 0 aliphatic heterocycles. The lowest BCUT2D eigenvalue weighted by Gasteiger charge is -2.11. The highest BCUT2D eigenvalue weighted by molar-refractivity contribution is 9.10. The molecule has 88 valence electrons. The molecule has 0 unspecified atom stereocenters. The number of nitro groups is 1. The van der Waals surface area contributed by atoms with Crippen LogP contribution in [0.4, 0.5) is 18.9 Å². The molecule has 0 spiro atoms. The van der Waals surface area contributed by atoms with Crippen molar-refractivity contribution in [1.29, 1.82) is 0 Å². The van der Waals surface area contributed by atoms with Gasteiger partial charge in [-0.1, -0.05) is 0 Å². The Labute approximate surface area is 96.3 Å². The first kappa shape index (κ1) is 12.8. The summed E-state index contributed by atoms with van der Waals surface area (Å²) >= 11 is 2.88. The molecule has 0 bridgehead atoms. The Morgan fingerprint density at radius 3 is 2.44 bits per heavy atom. The topological polar surface area (TPSA) is 52.4 Å². The van der Waals surface area contributed by atoms with Crippen LogP contribution in [0.2, 0.25) is 0 Å². The first-order chi connectivity index (χ1) is 7.22. The van der Waals surface area contributed by atoms with E-state index in [4.69, 9.17) is 0 Å². The molecule has 0 N–H and O–H groups in total. The number of benzene rings is 1. The third-order valence-electron chi connectivity index (χ3n) is 1.74. The number of ether oxygens (including phenoxy) is 1. The van der Waals surface area contributed by atoms with Gasteiger partial charge in [0.1, 0.15) is 5.75 Å². The maximum absolute atomic E-state index is 12.0. The van der Waals surface area contributed by atoms with Crippen LogP contribution in [0, 0.1) is 17.0 Å². The zero-order valence-corrected chi connectivity index (χ0v) is 9.42. The highest BCUT2D eigenvalue weighted by Gasteiger charge is 2.33. The average Bonchev–Trinajstić information content (AvgIpc) is 2.07. The van der Waals surface area contributed by atoms with Crippen molar-refractivity contribution >= 4 is 21.6 Å². The van der Waals surface area contributed by atoms with Crippen molar-refractivity contribution in [2.24, 2.45) is 0 Å². The van der Waals surface area contributed by atoms with Crippen molar-refractivity contribution < 1.29 is 22.8 Å². The molecule has 1 aromatic carbocycles. The van der Waals surface area contributed by atoms with Gasteiger partial charge in [0.25, 0.3) is 5.69 Å². The van der Waals surface area contributed by atoms with Crippen LogP contribution < -0.4 is 4.74 Å². The van der Waals surface area contributed by atoms with Crippen LogP contribution >= 0.6 is 15.9 Å². The summed E-state index contributed by atoms with van der Waals surface area (Å²) in [7, 11) is 0. The number of nitro benzene ring substituents is 1. The zero-order valence-electron chi connectivity index (χ0n) is 7.84. The molecule has 0 saturated heterocycles. The van der Waals surface area contributed by atoms with Crippen molar-refractivity contribution in [3.63, 3.8) is 0 Å². The maximum Gasteiger partial charge on any atom is 0.573 e. The normalized spacial score (nSPS) is 11.3. The lowest BCUT2D eigenvalue weighted by Crippen LogP contribution is -2.18. The van der Waals surface area contributed by atoms with Gasteiger partial charge in [0.05, 0.1) is 15.0 Å². The minimum atomic E-state index is -4.87. The maximum atomic E-state index is 12.0. The van der Waals surface area contributed by atoms with Crippen molar-refractivity contribution in [2.45, 2.75) is 13.3 Å². The fourth-order valence-electron chi connectivity index (χ4n) is 1.11. The fraction of sp³-hybridized carbons (Fsp3) is 0.250. The van der Waals surface area contributed by atoms with E-state index in [1.165, 1.54) is 6.92 Å². The molecular weight excluding hydrogens is 295 g/mol. The van der Waals surface area contributed by atoms with Gasteiger partial charge in [-0.3, -0.25) is 10.1 Å². The van der Waals surface area contributed by atoms with Gasteiger partial charge in [0.2, 0.25) is 0 Å². The van der Waals surface area contributed by atoms with Crippen LogP contribution in [0.5, 0.6) is 5.75 Å². The molecular formula is C8H5BrF3NO3. The molecule has 1 rings (SSSR count). The van der Waals surface area contributed by atoms with Crippen LogP contribution in [0.1, 0.15) is 5.56 Å². The number of halogens is 4. The molecule has 0 radical (unpaired) electrons. The summed E-state index contributed by atoms with van der Waals surface area (Å²) in [5.74, 6) is -0.581. The molecule has 4 nitrogen and oxygen atoms in total. The van der Waals surface area contributed by atoms with Crippen molar-refractivity contribution in [1.82, 2.24) is 0 Å². The predicted molar refractivity (Wildman–Crippen MR) is 52.2 cm³/mol. The second-order valence-corrected chi connectivity index (χ2v) is 3.68. The van der Waals surface area contributed by atoms with Gasteiger partial charge in [0, 0.05) is 0 Å². The number of hydrogen-bond donors (Lipinski definition) is 0. The second kappa shape index (κ2) is 4.28. The Bertz CT molecular complexity index is 433. The molecule has 0 heterocycles. The van der Waals surface area contributed by atoms with Gasteiger partial charge in [0.15, 0.2) is 0 Å². The van der Waals surface area contributed by atoms with E-state index in [9.17, 15) is 23.3 Å². The predicted octanol–water partition coefficient (Wildman–Crippen LogP) is 3.56. The van der Waals surface area contributed by atoms with Gasteiger partial charge in [-0.2, -0.15) is 0 Å². The molecule has 0 aliphatic rings. The van der Waals surface area contributed by atoms with Crippen molar-refractivity contribution in [2.75, 3.05) is 0 Å². The molecule has 1 aromatic rings. The smallest absolute Gasteiger partial charge is 0.405 e. The van der Waals surface area contributed by atoms with E-state index in [1.54, 1.807) is 0 Å². The first-order valence-corrected chi connectivity index (χ1v) is 4.71. The summed E-state index contributed by atoms with van der Waals surface area (Å²) in [5.41, 5.74) is -0.626. The average molecular weight is 300 g/mol. The molecule has 0 atom stereocenters. The van der Waals surface area contributed by atoms with Crippen LogP contribution in [0.25, 0.3) is 0 Å². The van der Waals surface area contributed by atoms with Crippen LogP contribution in [-0.4, -0.2) is 11.3 Å². The van der Waals surface area contributed by atoms with Gasteiger partial charge in [-0.25, -0.2) is 0 Å². The summed E-state index contributed by atoms with van der Waals surface area (Å²) in [5, 5.41) is 10.6. The van der Waals surface area contributed by atoms with E-state index in [2.05, 4.69) is 20.7 Å². The zero-order chi connectivity index (χ0) is 12.5. The number of hydrogen-bond acceptors (Lipinski definition) is 3. The Hall–Kier alpha value is -1.31. The van der Waals surface area contributed by atoms with Gasteiger partial charge >= 0.3 is 6.36 Å². The monoisotopic (exact) mass is 299 g/mol. The summed E-state index contributed by atoms with van der Waals surface area (Å²) < 4.78 is 39.6. The summed E-state index contributed by atoms with van der Waals surface area (Å²) in [6.45, 7) is 1.18. The Morgan fingerprint density at radius 1 is 1.44 bits per heavy atom. The summed E-state index contributed by atoms with van der Waals surface area (Å²) in [4.78, 5) is 9.82. The first-order valence-electron chi connectivity index (χ1n) is 3.91. The third kappa shape index (κ3) is 2.84. The van der Waals surface area contributed by atoms with Gasteiger partial charge in [-0.05, 0) is 35.0 Å². The molecule has 16 heavy (non-hydrogen) atoms. The van der Waals surface area contributed by atoms with Crippen LogP contribution in [-0.2, 0) is 0 Å². The quantitative estimate of drug-likeness (QED) is 0.620. The van der Waals surface area contributed by atoms with Gasteiger partial charge < -0.3 is 4.74 Å².